The van der Waals surface area contributed by atoms with E-state index < -0.39 is 0 Å². The molecule has 2 aromatic carbocycles. The van der Waals surface area contributed by atoms with Crippen LogP contribution in [0.1, 0.15) is 12.3 Å². The zero-order valence-electron chi connectivity index (χ0n) is 18.3. The van der Waals surface area contributed by atoms with Crippen LogP contribution < -0.4 is 9.80 Å². The minimum absolute atomic E-state index is 0.0467. The SMILES string of the molecule is Cc1nc(-c2cccc(N3C[C@@H](C(=O)N4CCN(c5ccc(Cl)cc5)CC4)CC3=O)c2)no1. The fraction of sp³-hybridized carbons (Fsp3) is 0.333. The van der Waals surface area contributed by atoms with Crippen LogP contribution >= 0.6 is 11.6 Å². The molecular formula is C24H24ClN5O3. The number of nitrogens with zero attached hydrogens (tertiary/aromatic N) is 5. The maximum absolute atomic E-state index is 13.2. The maximum Gasteiger partial charge on any atom is 0.228 e. The van der Waals surface area contributed by atoms with E-state index >= 15 is 0 Å². The molecule has 2 saturated heterocycles. The van der Waals surface area contributed by atoms with Gasteiger partial charge in [0.1, 0.15) is 0 Å². The van der Waals surface area contributed by atoms with Crippen LogP contribution in [0.5, 0.6) is 0 Å². The molecule has 1 aromatic heterocycles. The molecule has 2 aliphatic rings. The highest BCUT2D eigenvalue weighted by Gasteiger charge is 2.38. The van der Waals surface area contributed by atoms with Crippen molar-refractivity contribution in [3.63, 3.8) is 0 Å². The molecule has 170 valence electrons. The molecular weight excluding hydrogens is 442 g/mol. The molecule has 33 heavy (non-hydrogen) atoms. The summed E-state index contributed by atoms with van der Waals surface area (Å²) in [5, 5.41) is 4.66. The summed E-state index contributed by atoms with van der Waals surface area (Å²) in [7, 11) is 0. The van der Waals surface area contributed by atoms with Gasteiger partial charge in [-0.2, -0.15) is 4.98 Å². The van der Waals surface area contributed by atoms with E-state index in [9.17, 15) is 9.59 Å². The number of piperazine rings is 1. The molecule has 0 bridgehead atoms. The number of rotatable bonds is 4. The summed E-state index contributed by atoms with van der Waals surface area (Å²) in [5.74, 6) is 0.624. The van der Waals surface area contributed by atoms with Gasteiger partial charge >= 0.3 is 0 Å². The molecule has 8 nitrogen and oxygen atoms in total. The van der Waals surface area contributed by atoms with E-state index in [2.05, 4.69) is 15.0 Å². The Morgan fingerprint density at radius 3 is 2.52 bits per heavy atom. The lowest BCUT2D eigenvalue weighted by Gasteiger charge is -2.37. The lowest BCUT2D eigenvalue weighted by molar-refractivity contribution is -0.136. The summed E-state index contributed by atoms with van der Waals surface area (Å²) in [6.45, 7) is 4.89. The smallest absolute Gasteiger partial charge is 0.228 e. The molecule has 0 spiro atoms. The molecule has 0 saturated carbocycles. The second kappa shape index (κ2) is 8.86. The van der Waals surface area contributed by atoms with Gasteiger partial charge in [0.2, 0.25) is 23.5 Å². The average Bonchev–Trinajstić information content (AvgIpc) is 3.45. The summed E-state index contributed by atoms with van der Waals surface area (Å²) in [5.41, 5.74) is 2.61. The van der Waals surface area contributed by atoms with Crippen molar-refractivity contribution in [2.24, 2.45) is 5.92 Å². The van der Waals surface area contributed by atoms with E-state index in [1.807, 2.05) is 53.4 Å². The van der Waals surface area contributed by atoms with Crippen molar-refractivity contribution < 1.29 is 14.1 Å². The van der Waals surface area contributed by atoms with Crippen LogP contribution in [0.4, 0.5) is 11.4 Å². The third kappa shape index (κ3) is 4.43. The fourth-order valence-electron chi connectivity index (χ4n) is 4.45. The second-order valence-corrected chi connectivity index (χ2v) is 8.82. The molecule has 5 rings (SSSR count). The molecule has 9 heteroatoms. The molecule has 2 aliphatic heterocycles. The maximum atomic E-state index is 13.2. The molecule has 2 fully saturated rings. The predicted molar refractivity (Wildman–Crippen MR) is 125 cm³/mol. The highest BCUT2D eigenvalue weighted by Crippen LogP contribution is 2.30. The molecule has 0 aliphatic carbocycles. The Kier molecular flexibility index (Phi) is 5.76. The largest absolute Gasteiger partial charge is 0.368 e. The highest BCUT2D eigenvalue weighted by molar-refractivity contribution is 6.30. The fourth-order valence-corrected chi connectivity index (χ4v) is 4.57. The van der Waals surface area contributed by atoms with E-state index in [1.165, 1.54) is 0 Å². The zero-order valence-corrected chi connectivity index (χ0v) is 19.0. The Labute approximate surface area is 196 Å². The van der Waals surface area contributed by atoms with Crippen molar-refractivity contribution in [3.05, 3.63) is 59.4 Å². The van der Waals surface area contributed by atoms with Crippen LogP contribution in [0.3, 0.4) is 0 Å². The average molecular weight is 466 g/mol. The zero-order chi connectivity index (χ0) is 22.9. The quantitative estimate of drug-likeness (QED) is 0.587. The van der Waals surface area contributed by atoms with Crippen molar-refractivity contribution in [1.29, 1.82) is 0 Å². The van der Waals surface area contributed by atoms with Crippen LogP contribution in [0.2, 0.25) is 5.02 Å². The summed E-state index contributed by atoms with van der Waals surface area (Å²) < 4.78 is 5.06. The monoisotopic (exact) mass is 465 g/mol. The Balaban J connectivity index is 1.23. The molecule has 3 aromatic rings. The van der Waals surface area contributed by atoms with Gasteiger partial charge in [-0.3, -0.25) is 9.59 Å². The van der Waals surface area contributed by atoms with Crippen molar-refractivity contribution in [3.8, 4) is 11.4 Å². The van der Waals surface area contributed by atoms with Crippen LogP contribution in [0.15, 0.2) is 53.1 Å². The highest BCUT2D eigenvalue weighted by atomic mass is 35.5. The number of hydrogen-bond donors (Lipinski definition) is 0. The third-order valence-corrected chi connectivity index (χ3v) is 6.45. The van der Waals surface area contributed by atoms with Gasteiger partial charge in [0.25, 0.3) is 0 Å². The van der Waals surface area contributed by atoms with Crippen LogP contribution in [0, 0.1) is 12.8 Å². The first-order valence-corrected chi connectivity index (χ1v) is 11.4. The Morgan fingerprint density at radius 2 is 1.82 bits per heavy atom. The van der Waals surface area contributed by atoms with Gasteiger partial charge in [0, 0.05) is 68.0 Å². The summed E-state index contributed by atoms with van der Waals surface area (Å²) in [6, 6.07) is 15.2. The number of hydrogen-bond acceptors (Lipinski definition) is 6. The first-order valence-electron chi connectivity index (χ1n) is 11.0. The molecule has 0 unspecified atom stereocenters. The minimum atomic E-state index is -0.337. The Bertz CT molecular complexity index is 1170. The number of carbonyl (C=O) groups is 2. The third-order valence-electron chi connectivity index (χ3n) is 6.20. The Morgan fingerprint density at radius 1 is 1.06 bits per heavy atom. The number of amides is 2. The molecule has 3 heterocycles. The second-order valence-electron chi connectivity index (χ2n) is 8.38. The van der Waals surface area contributed by atoms with Gasteiger partial charge in [-0.15, -0.1) is 0 Å². The van der Waals surface area contributed by atoms with Gasteiger partial charge in [0.05, 0.1) is 5.92 Å². The number of aromatic nitrogens is 2. The standard InChI is InChI=1S/C24H24ClN5O3/c1-16-26-23(27-33-16)17-3-2-4-21(13-17)30-15-18(14-22(30)31)24(32)29-11-9-28(10-12-29)20-7-5-19(25)6-8-20/h2-8,13,18H,9-12,14-15H2,1H3/t18-/m0/s1. The summed E-state index contributed by atoms with van der Waals surface area (Å²) >= 11 is 5.98. The van der Waals surface area contributed by atoms with E-state index in [0.717, 1.165) is 30.0 Å². The molecule has 0 N–H and O–H groups in total. The Hall–Kier alpha value is -3.39. The van der Waals surface area contributed by atoms with Crippen molar-refractivity contribution in [2.45, 2.75) is 13.3 Å². The van der Waals surface area contributed by atoms with Gasteiger partial charge in [0.15, 0.2) is 0 Å². The summed E-state index contributed by atoms with van der Waals surface area (Å²) in [4.78, 5) is 36.0. The van der Waals surface area contributed by atoms with Gasteiger partial charge < -0.3 is 19.2 Å². The van der Waals surface area contributed by atoms with Crippen LogP contribution in [-0.2, 0) is 9.59 Å². The number of aryl methyl sites for hydroxylation is 1. The van der Waals surface area contributed by atoms with Gasteiger partial charge in [-0.25, -0.2) is 0 Å². The normalized spacial score (nSPS) is 18.8. The number of anilines is 2. The van der Waals surface area contributed by atoms with E-state index in [4.69, 9.17) is 16.1 Å². The number of halogens is 1. The van der Waals surface area contributed by atoms with Crippen LogP contribution in [-0.4, -0.2) is 59.6 Å². The van der Waals surface area contributed by atoms with E-state index in [-0.39, 0.29) is 24.2 Å². The van der Waals surface area contributed by atoms with Crippen molar-refractivity contribution >= 4 is 34.8 Å². The van der Waals surface area contributed by atoms with E-state index in [1.54, 1.807) is 11.8 Å². The number of carbonyl (C=O) groups excluding carboxylic acids is 2. The predicted octanol–water partition coefficient (Wildman–Crippen LogP) is 3.40. The van der Waals surface area contributed by atoms with Crippen molar-refractivity contribution in [2.75, 3.05) is 42.5 Å². The molecule has 1 atom stereocenters. The topological polar surface area (TPSA) is 82.8 Å². The van der Waals surface area contributed by atoms with Crippen molar-refractivity contribution in [1.82, 2.24) is 15.0 Å². The lowest BCUT2D eigenvalue weighted by atomic mass is 10.1. The lowest BCUT2D eigenvalue weighted by Crippen LogP contribution is -2.50. The summed E-state index contributed by atoms with van der Waals surface area (Å²) in [6.07, 6.45) is 0.224. The first-order chi connectivity index (χ1) is 16.0. The number of benzene rings is 2. The first kappa shape index (κ1) is 21.5. The molecule has 0 radical (unpaired) electrons. The van der Waals surface area contributed by atoms with Gasteiger partial charge in [-0.1, -0.05) is 28.9 Å². The molecule has 2 amide bonds. The minimum Gasteiger partial charge on any atom is -0.368 e. The van der Waals surface area contributed by atoms with E-state index in [0.29, 0.717) is 36.4 Å². The van der Waals surface area contributed by atoms with Crippen LogP contribution in [0.25, 0.3) is 11.4 Å². The van der Waals surface area contributed by atoms with Gasteiger partial charge in [-0.05, 0) is 36.4 Å².